The van der Waals surface area contributed by atoms with E-state index < -0.39 is 5.63 Å². The Bertz CT molecular complexity index is 644. The summed E-state index contributed by atoms with van der Waals surface area (Å²) in [5.41, 5.74) is -0.237. The number of rotatable bonds is 2. The average Bonchev–Trinajstić information content (AvgIpc) is 2.30. The molecule has 0 saturated carbocycles. The first-order valence-electron chi connectivity index (χ1n) is 5.19. The lowest BCUT2D eigenvalue weighted by Gasteiger charge is -1.98. The maximum Gasteiger partial charge on any atom is 0.348 e. The molecular formula is C13H10FNO3. The maximum atomic E-state index is 12.7. The Hall–Kier alpha value is -2.43. The molecule has 0 spiro atoms. The Morgan fingerprint density at radius 1 is 1.33 bits per heavy atom. The predicted molar refractivity (Wildman–Crippen MR) is 65.0 cm³/mol. The van der Waals surface area contributed by atoms with Crippen LogP contribution in [0.4, 0.5) is 10.1 Å². The average molecular weight is 247 g/mol. The summed E-state index contributed by atoms with van der Waals surface area (Å²) in [5, 5.41) is 9.58. The highest BCUT2D eigenvalue weighted by atomic mass is 19.1. The van der Waals surface area contributed by atoms with Gasteiger partial charge in [-0.3, -0.25) is 4.99 Å². The van der Waals surface area contributed by atoms with Crippen molar-refractivity contribution >= 4 is 11.9 Å². The van der Waals surface area contributed by atoms with Crippen LogP contribution in [0.3, 0.4) is 0 Å². The van der Waals surface area contributed by atoms with Crippen LogP contribution in [-0.4, -0.2) is 11.3 Å². The molecule has 0 fully saturated rings. The molecule has 5 heteroatoms. The zero-order valence-corrected chi connectivity index (χ0v) is 9.55. The van der Waals surface area contributed by atoms with E-state index >= 15 is 0 Å². The number of hydrogen-bond acceptors (Lipinski definition) is 4. The molecule has 0 aliphatic carbocycles. The third-order valence-electron chi connectivity index (χ3n) is 2.26. The lowest BCUT2D eigenvalue weighted by atomic mass is 10.2. The van der Waals surface area contributed by atoms with E-state index in [2.05, 4.69) is 4.99 Å². The number of halogens is 1. The normalized spacial score (nSPS) is 11.0. The number of benzene rings is 1. The van der Waals surface area contributed by atoms with Crippen molar-refractivity contribution in [1.29, 1.82) is 0 Å². The summed E-state index contributed by atoms with van der Waals surface area (Å²) >= 11 is 0. The van der Waals surface area contributed by atoms with Crippen LogP contribution in [0, 0.1) is 12.7 Å². The van der Waals surface area contributed by atoms with Gasteiger partial charge in [-0.25, -0.2) is 9.18 Å². The van der Waals surface area contributed by atoms with Gasteiger partial charge in [0.1, 0.15) is 22.9 Å². The molecule has 0 saturated heterocycles. The Morgan fingerprint density at radius 3 is 2.61 bits per heavy atom. The molecule has 1 heterocycles. The van der Waals surface area contributed by atoms with E-state index in [1.165, 1.54) is 36.5 Å². The summed E-state index contributed by atoms with van der Waals surface area (Å²) in [6.45, 7) is 1.56. The van der Waals surface area contributed by atoms with Gasteiger partial charge in [-0.2, -0.15) is 0 Å². The van der Waals surface area contributed by atoms with E-state index in [4.69, 9.17) is 4.42 Å². The highest BCUT2D eigenvalue weighted by Crippen LogP contribution is 2.15. The van der Waals surface area contributed by atoms with E-state index in [0.29, 0.717) is 11.4 Å². The minimum Gasteiger partial charge on any atom is -0.507 e. The van der Waals surface area contributed by atoms with Crippen LogP contribution in [0.1, 0.15) is 11.3 Å². The Kier molecular flexibility index (Phi) is 3.23. The molecule has 92 valence electrons. The van der Waals surface area contributed by atoms with Gasteiger partial charge in [0.15, 0.2) is 0 Å². The van der Waals surface area contributed by atoms with Crippen LogP contribution in [0.5, 0.6) is 5.75 Å². The number of aromatic hydroxyl groups is 1. The van der Waals surface area contributed by atoms with Crippen LogP contribution >= 0.6 is 0 Å². The van der Waals surface area contributed by atoms with Crippen molar-refractivity contribution < 1.29 is 13.9 Å². The smallest absolute Gasteiger partial charge is 0.348 e. The fraction of sp³-hybridized carbons (Fsp3) is 0.0769. The molecule has 0 aliphatic heterocycles. The van der Waals surface area contributed by atoms with Crippen molar-refractivity contribution in [3.63, 3.8) is 0 Å². The first kappa shape index (κ1) is 12.0. The van der Waals surface area contributed by atoms with Crippen molar-refractivity contribution in [1.82, 2.24) is 0 Å². The van der Waals surface area contributed by atoms with Gasteiger partial charge >= 0.3 is 5.63 Å². The second-order valence-electron chi connectivity index (χ2n) is 3.68. The van der Waals surface area contributed by atoms with Crippen molar-refractivity contribution in [3.8, 4) is 5.75 Å². The molecule has 1 N–H and O–H groups in total. The van der Waals surface area contributed by atoms with Gasteiger partial charge in [0.2, 0.25) is 0 Å². The maximum absolute atomic E-state index is 12.7. The largest absolute Gasteiger partial charge is 0.507 e. The van der Waals surface area contributed by atoms with Crippen LogP contribution in [0.2, 0.25) is 0 Å². The summed E-state index contributed by atoms with van der Waals surface area (Å²) in [5.74, 6) is -0.252. The molecular weight excluding hydrogens is 237 g/mol. The standard InChI is InChI=1S/C13H10FNO3/c1-8-6-12(16)11(13(17)18-8)7-15-10-4-2-9(14)3-5-10/h2-7,16H,1H3. The summed E-state index contributed by atoms with van der Waals surface area (Å²) in [4.78, 5) is 15.4. The van der Waals surface area contributed by atoms with Crippen LogP contribution in [-0.2, 0) is 0 Å². The molecule has 0 radical (unpaired) electrons. The molecule has 0 amide bonds. The van der Waals surface area contributed by atoms with Crippen molar-refractivity contribution in [3.05, 3.63) is 57.9 Å². The van der Waals surface area contributed by atoms with Gasteiger partial charge in [0.05, 0.1) is 5.69 Å². The van der Waals surface area contributed by atoms with E-state index in [0.717, 1.165) is 0 Å². The molecule has 4 nitrogen and oxygen atoms in total. The first-order chi connectivity index (χ1) is 8.56. The van der Waals surface area contributed by atoms with Gasteiger partial charge in [-0.1, -0.05) is 0 Å². The van der Waals surface area contributed by atoms with Gasteiger partial charge in [-0.05, 0) is 31.2 Å². The van der Waals surface area contributed by atoms with Gasteiger partial charge < -0.3 is 9.52 Å². The van der Waals surface area contributed by atoms with E-state index in [-0.39, 0.29) is 17.1 Å². The summed E-state index contributed by atoms with van der Waals surface area (Å²) < 4.78 is 17.5. The van der Waals surface area contributed by atoms with E-state index in [1.807, 2.05) is 0 Å². The minimum absolute atomic E-state index is 0.0371. The quantitative estimate of drug-likeness (QED) is 0.829. The second-order valence-corrected chi connectivity index (χ2v) is 3.68. The molecule has 2 rings (SSSR count). The molecule has 2 aromatic rings. The fourth-order valence-electron chi connectivity index (χ4n) is 1.39. The zero-order valence-electron chi connectivity index (χ0n) is 9.55. The van der Waals surface area contributed by atoms with Crippen molar-refractivity contribution in [2.75, 3.05) is 0 Å². The number of aliphatic imine (C=N–C) groups is 1. The molecule has 18 heavy (non-hydrogen) atoms. The van der Waals surface area contributed by atoms with Gasteiger partial charge in [-0.15, -0.1) is 0 Å². The molecule has 0 atom stereocenters. The Morgan fingerprint density at radius 2 is 2.00 bits per heavy atom. The summed E-state index contributed by atoms with van der Waals surface area (Å²) in [6.07, 6.45) is 1.19. The molecule has 1 aromatic carbocycles. The molecule has 0 unspecified atom stereocenters. The lowest BCUT2D eigenvalue weighted by molar-refractivity contribution is 0.433. The third-order valence-corrected chi connectivity index (χ3v) is 2.26. The minimum atomic E-state index is -0.668. The monoisotopic (exact) mass is 247 g/mol. The SMILES string of the molecule is Cc1cc(O)c(C=Nc2ccc(F)cc2)c(=O)o1. The summed E-state index contributed by atoms with van der Waals surface area (Å²) in [6, 6.07) is 6.75. The molecule has 0 bridgehead atoms. The second kappa shape index (κ2) is 4.83. The predicted octanol–water partition coefficient (Wildman–Crippen LogP) is 2.54. The Balaban J connectivity index is 2.35. The van der Waals surface area contributed by atoms with Crippen LogP contribution in [0.15, 0.2) is 44.5 Å². The fourth-order valence-corrected chi connectivity index (χ4v) is 1.39. The van der Waals surface area contributed by atoms with Gasteiger partial charge in [0.25, 0.3) is 0 Å². The zero-order chi connectivity index (χ0) is 13.1. The number of hydrogen-bond donors (Lipinski definition) is 1. The van der Waals surface area contributed by atoms with Crippen molar-refractivity contribution in [2.45, 2.75) is 6.92 Å². The van der Waals surface area contributed by atoms with Crippen molar-refractivity contribution in [2.24, 2.45) is 4.99 Å². The topological polar surface area (TPSA) is 62.8 Å². The first-order valence-corrected chi connectivity index (χ1v) is 5.19. The highest BCUT2D eigenvalue weighted by Gasteiger charge is 2.06. The van der Waals surface area contributed by atoms with E-state index in [1.54, 1.807) is 6.92 Å². The van der Waals surface area contributed by atoms with Crippen LogP contribution in [0.25, 0.3) is 0 Å². The van der Waals surface area contributed by atoms with E-state index in [9.17, 15) is 14.3 Å². The highest BCUT2D eigenvalue weighted by molar-refractivity contribution is 5.84. The number of nitrogens with zero attached hydrogens (tertiary/aromatic N) is 1. The lowest BCUT2D eigenvalue weighted by Crippen LogP contribution is -2.07. The summed E-state index contributed by atoms with van der Waals surface area (Å²) in [7, 11) is 0. The third kappa shape index (κ3) is 2.63. The number of aryl methyl sites for hydroxylation is 1. The Labute approximate surface area is 102 Å². The molecule has 0 aliphatic rings. The van der Waals surface area contributed by atoms with Crippen LogP contribution < -0.4 is 5.63 Å². The van der Waals surface area contributed by atoms with Gasteiger partial charge in [0, 0.05) is 12.3 Å². The molecule has 1 aromatic heterocycles.